The molecule has 240 valence electrons. The second kappa shape index (κ2) is 14.2. The number of aliphatic imine (C=N–C) groups is 1. The first-order chi connectivity index (χ1) is 22.2. The van der Waals surface area contributed by atoms with Crippen LogP contribution in [0.5, 0.6) is 0 Å². The van der Waals surface area contributed by atoms with Gasteiger partial charge in [-0.3, -0.25) is 24.8 Å². The van der Waals surface area contributed by atoms with Crippen LogP contribution in [0.3, 0.4) is 0 Å². The van der Waals surface area contributed by atoms with Crippen molar-refractivity contribution in [1.82, 2.24) is 4.90 Å². The SMILES string of the molecule is CC[C@]1(OC(=O)C2=C(C)N=C(C)C(C(=O)OC)[C@@H]2c2cccc([N+](=O)[O-])c2)CCN(CCC(c2ccccc2)c2ccccc2)C1. The maximum Gasteiger partial charge on any atom is 0.337 e. The van der Waals surface area contributed by atoms with E-state index in [0.29, 0.717) is 36.4 Å². The first kappa shape index (κ1) is 32.8. The Morgan fingerprint density at radius 3 is 2.26 bits per heavy atom. The average Bonchev–Trinajstić information content (AvgIpc) is 3.48. The van der Waals surface area contributed by atoms with Crippen LogP contribution in [0.1, 0.15) is 68.6 Å². The largest absolute Gasteiger partial charge is 0.468 e. The number of rotatable bonds is 11. The predicted molar refractivity (Wildman–Crippen MR) is 177 cm³/mol. The summed E-state index contributed by atoms with van der Waals surface area (Å²) in [5, 5.41) is 11.6. The molecule has 9 nitrogen and oxygen atoms in total. The van der Waals surface area contributed by atoms with Crippen LogP contribution < -0.4 is 0 Å². The molecule has 3 aromatic rings. The van der Waals surface area contributed by atoms with Crippen LogP contribution in [0.25, 0.3) is 0 Å². The highest BCUT2D eigenvalue weighted by molar-refractivity contribution is 6.07. The van der Waals surface area contributed by atoms with Crippen LogP contribution >= 0.6 is 0 Å². The highest BCUT2D eigenvalue weighted by Gasteiger charge is 2.46. The molecule has 2 aliphatic heterocycles. The molecule has 3 aromatic carbocycles. The quantitative estimate of drug-likeness (QED) is 0.131. The number of nitro benzene ring substituents is 1. The zero-order valence-electron chi connectivity index (χ0n) is 26.8. The minimum Gasteiger partial charge on any atom is -0.468 e. The second-order valence-corrected chi connectivity index (χ2v) is 12.2. The summed E-state index contributed by atoms with van der Waals surface area (Å²) in [6, 6.07) is 27.1. The van der Waals surface area contributed by atoms with Gasteiger partial charge in [0.25, 0.3) is 5.69 Å². The zero-order chi connectivity index (χ0) is 32.8. The summed E-state index contributed by atoms with van der Waals surface area (Å²) in [6.45, 7) is 7.64. The van der Waals surface area contributed by atoms with Gasteiger partial charge in [0.05, 0.1) is 17.6 Å². The smallest absolute Gasteiger partial charge is 0.337 e. The van der Waals surface area contributed by atoms with Crippen LogP contribution in [0.15, 0.2) is 101 Å². The first-order valence-electron chi connectivity index (χ1n) is 15.8. The van der Waals surface area contributed by atoms with Gasteiger partial charge in [0, 0.05) is 54.9 Å². The maximum absolute atomic E-state index is 14.2. The molecule has 9 heteroatoms. The van der Waals surface area contributed by atoms with Gasteiger partial charge in [-0.25, -0.2) is 4.79 Å². The molecular formula is C37H41N3O6. The zero-order valence-corrected chi connectivity index (χ0v) is 26.8. The number of hydrogen-bond donors (Lipinski definition) is 0. The van der Waals surface area contributed by atoms with E-state index in [4.69, 9.17) is 9.47 Å². The lowest BCUT2D eigenvalue weighted by Crippen LogP contribution is -2.41. The molecule has 1 fully saturated rings. The van der Waals surface area contributed by atoms with E-state index in [1.807, 2.05) is 19.1 Å². The topological polar surface area (TPSA) is 111 Å². The number of hydrogen-bond acceptors (Lipinski definition) is 8. The Hall–Kier alpha value is -4.63. The second-order valence-electron chi connectivity index (χ2n) is 12.2. The molecule has 0 aliphatic carbocycles. The number of nitrogens with zero attached hydrogens (tertiary/aromatic N) is 3. The standard InChI is InChI=1S/C37H41N3O6/c1-5-37(20-22-39(24-37)21-19-31(27-13-8-6-9-14-27)28-15-10-7-11-16-28)46-36(42)33-26(3)38-25(2)32(35(41)45-4)34(33)29-17-12-18-30(23-29)40(43)44/h6-18,23,31-32,34H,5,19-22,24H2,1-4H3/t32?,34-,37-/m0/s1. The predicted octanol–water partition coefficient (Wildman–Crippen LogP) is 6.84. The summed E-state index contributed by atoms with van der Waals surface area (Å²) >= 11 is 0. The van der Waals surface area contributed by atoms with Crippen molar-refractivity contribution in [1.29, 1.82) is 0 Å². The average molecular weight is 624 g/mol. The van der Waals surface area contributed by atoms with Crippen molar-refractivity contribution in [2.24, 2.45) is 10.9 Å². The lowest BCUT2D eigenvalue weighted by Gasteiger charge is -2.34. The highest BCUT2D eigenvalue weighted by Crippen LogP contribution is 2.42. The summed E-state index contributed by atoms with van der Waals surface area (Å²) in [5.74, 6) is -2.66. The minimum absolute atomic E-state index is 0.132. The molecule has 0 bridgehead atoms. The van der Waals surface area contributed by atoms with Gasteiger partial charge >= 0.3 is 11.9 Å². The van der Waals surface area contributed by atoms with Crippen LogP contribution in [0.2, 0.25) is 0 Å². The normalized spacial score (nSPS) is 21.6. The number of nitro groups is 1. The molecule has 3 atom stereocenters. The van der Waals surface area contributed by atoms with Crippen molar-refractivity contribution in [2.75, 3.05) is 26.7 Å². The molecule has 0 spiro atoms. The van der Waals surface area contributed by atoms with E-state index in [2.05, 4.69) is 58.4 Å². The molecule has 5 rings (SSSR count). The monoisotopic (exact) mass is 623 g/mol. The Bertz CT molecular complexity index is 1600. The van der Waals surface area contributed by atoms with E-state index in [-0.39, 0.29) is 17.2 Å². The molecule has 1 unspecified atom stereocenters. The molecule has 2 aliphatic rings. The van der Waals surface area contributed by atoms with Crippen LogP contribution in [-0.4, -0.2) is 59.8 Å². The Kier molecular flexibility index (Phi) is 10.1. The van der Waals surface area contributed by atoms with Gasteiger partial charge in [0.15, 0.2) is 0 Å². The van der Waals surface area contributed by atoms with E-state index < -0.39 is 34.3 Å². The molecule has 0 radical (unpaired) electrons. The van der Waals surface area contributed by atoms with E-state index in [9.17, 15) is 19.7 Å². The van der Waals surface area contributed by atoms with Gasteiger partial charge in [-0.2, -0.15) is 0 Å². The number of non-ortho nitro benzene ring substituents is 1. The first-order valence-corrected chi connectivity index (χ1v) is 15.8. The van der Waals surface area contributed by atoms with Crippen molar-refractivity contribution in [2.45, 2.75) is 57.5 Å². The number of methoxy groups -OCH3 is 1. The highest BCUT2D eigenvalue weighted by atomic mass is 16.6. The molecule has 0 saturated carbocycles. The van der Waals surface area contributed by atoms with E-state index in [1.54, 1.807) is 26.0 Å². The third-order valence-corrected chi connectivity index (χ3v) is 9.43. The van der Waals surface area contributed by atoms with Crippen molar-refractivity contribution in [3.05, 3.63) is 123 Å². The van der Waals surface area contributed by atoms with E-state index in [0.717, 1.165) is 19.5 Å². The number of carbonyl (C=O) groups is 2. The summed E-state index contributed by atoms with van der Waals surface area (Å²) in [7, 11) is 1.28. The molecule has 2 heterocycles. The van der Waals surface area contributed by atoms with Crippen molar-refractivity contribution in [3.63, 3.8) is 0 Å². The number of esters is 2. The number of allylic oxidation sites excluding steroid dienone is 1. The van der Waals surface area contributed by atoms with E-state index >= 15 is 0 Å². The molecule has 0 amide bonds. The molecule has 0 N–H and O–H groups in total. The van der Waals surface area contributed by atoms with Gasteiger partial charge in [-0.05, 0) is 49.9 Å². The lowest BCUT2D eigenvalue weighted by atomic mass is 9.75. The third kappa shape index (κ3) is 6.94. The Balaban J connectivity index is 1.38. The molecule has 0 aromatic heterocycles. The van der Waals surface area contributed by atoms with Gasteiger partial charge in [0.2, 0.25) is 0 Å². The van der Waals surface area contributed by atoms with Crippen molar-refractivity contribution >= 4 is 23.3 Å². The number of ether oxygens (including phenoxy) is 2. The van der Waals surface area contributed by atoms with Crippen LogP contribution in [0.4, 0.5) is 5.69 Å². The molecule has 46 heavy (non-hydrogen) atoms. The van der Waals surface area contributed by atoms with Crippen molar-refractivity contribution < 1.29 is 24.0 Å². The minimum atomic E-state index is -0.927. The Morgan fingerprint density at radius 1 is 1.02 bits per heavy atom. The van der Waals surface area contributed by atoms with E-state index in [1.165, 1.54) is 30.4 Å². The number of carbonyl (C=O) groups excluding carboxylic acids is 2. The number of benzene rings is 3. The summed E-state index contributed by atoms with van der Waals surface area (Å²) < 4.78 is 11.5. The van der Waals surface area contributed by atoms with Crippen LogP contribution in [0, 0.1) is 16.0 Å². The third-order valence-electron chi connectivity index (χ3n) is 9.43. The van der Waals surface area contributed by atoms with Gasteiger partial charge in [-0.15, -0.1) is 0 Å². The Morgan fingerprint density at radius 2 is 1.67 bits per heavy atom. The van der Waals surface area contributed by atoms with Crippen molar-refractivity contribution in [3.8, 4) is 0 Å². The van der Waals surface area contributed by atoms with Gasteiger partial charge < -0.3 is 9.47 Å². The maximum atomic E-state index is 14.2. The molecular weight excluding hydrogens is 582 g/mol. The fourth-order valence-corrected chi connectivity index (χ4v) is 6.95. The van der Waals surface area contributed by atoms with Gasteiger partial charge in [-0.1, -0.05) is 79.7 Å². The summed E-state index contributed by atoms with van der Waals surface area (Å²) in [5.41, 5.74) is 3.26. The fourth-order valence-electron chi connectivity index (χ4n) is 6.95. The summed E-state index contributed by atoms with van der Waals surface area (Å²) in [4.78, 5) is 45.3. The summed E-state index contributed by atoms with van der Waals surface area (Å²) in [6.07, 6.45) is 2.20. The number of likely N-dealkylation sites (tertiary alicyclic amines) is 1. The molecule has 1 saturated heterocycles. The lowest BCUT2D eigenvalue weighted by molar-refractivity contribution is -0.384. The fraction of sp³-hybridized carbons (Fsp3) is 0.378. The van der Waals surface area contributed by atoms with Gasteiger partial charge in [0.1, 0.15) is 11.5 Å². The van der Waals surface area contributed by atoms with Crippen LogP contribution in [-0.2, 0) is 19.1 Å². The Labute approximate surface area is 270 Å².